The third-order valence-electron chi connectivity index (χ3n) is 5.89. The lowest BCUT2D eigenvalue weighted by Gasteiger charge is -2.43. The first kappa shape index (κ1) is 26.3. The van der Waals surface area contributed by atoms with E-state index < -0.39 is 28.7 Å². The van der Waals surface area contributed by atoms with Crippen LogP contribution in [0.2, 0.25) is 0 Å². The van der Waals surface area contributed by atoms with E-state index in [1.54, 1.807) is 12.1 Å². The zero-order valence-electron chi connectivity index (χ0n) is 20.2. The van der Waals surface area contributed by atoms with Crippen molar-refractivity contribution < 1.29 is 27.5 Å². The fourth-order valence-electron chi connectivity index (χ4n) is 4.47. The maximum atomic E-state index is 13.1. The van der Waals surface area contributed by atoms with Crippen LogP contribution >= 0.6 is 11.8 Å². The summed E-state index contributed by atoms with van der Waals surface area (Å²) >= 11 is 1.36. The van der Waals surface area contributed by atoms with E-state index >= 15 is 0 Å². The lowest BCUT2D eigenvalue weighted by atomic mass is 10.1. The van der Waals surface area contributed by atoms with Crippen molar-refractivity contribution in [2.45, 2.75) is 42.9 Å². The first-order valence-electron chi connectivity index (χ1n) is 11.7. The van der Waals surface area contributed by atoms with Gasteiger partial charge in [0.25, 0.3) is 5.91 Å². The molecule has 1 saturated heterocycles. The third-order valence-corrected chi connectivity index (χ3v) is 7.24. The van der Waals surface area contributed by atoms with E-state index in [1.807, 2.05) is 6.07 Å². The van der Waals surface area contributed by atoms with Gasteiger partial charge in [-0.2, -0.15) is 13.2 Å². The van der Waals surface area contributed by atoms with Crippen molar-refractivity contribution in [1.82, 2.24) is 10.2 Å². The number of hydrogen-bond donors (Lipinski definition) is 3. The smallest absolute Gasteiger partial charge is 0.370 e. The number of thioether (sulfide) groups is 1. The summed E-state index contributed by atoms with van der Waals surface area (Å²) in [4.78, 5) is 27.3. The first-order valence-corrected chi connectivity index (χ1v) is 12.5. The summed E-state index contributed by atoms with van der Waals surface area (Å²) in [5, 5.41) is 8.88. The lowest BCUT2D eigenvalue weighted by Crippen LogP contribution is -2.63. The van der Waals surface area contributed by atoms with Crippen LogP contribution in [0.5, 0.6) is 0 Å². The minimum Gasteiger partial charge on any atom is -0.370 e. The van der Waals surface area contributed by atoms with Gasteiger partial charge < -0.3 is 20.7 Å². The number of fused-ring (bicyclic) bond motifs is 1. The third kappa shape index (κ3) is 5.79. The molecule has 2 amide bonds. The number of ether oxygens (including phenoxy) is 1. The molecule has 194 valence electrons. The van der Waals surface area contributed by atoms with Gasteiger partial charge in [-0.05, 0) is 36.2 Å². The summed E-state index contributed by atoms with van der Waals surface area (Å²) in [6, 6.07) is 9.60. The number of para-hydroxylation sites is 1. The van der Waals surface area contributed by atoms with E-state index in [0.29, 0.717) is 24.8 Å². The van der Waals surface area contributed by atoms with Crippen molar-refractivity contribution in [3.63, 3.8) is 0 Å². The Morgan fingerprint density at radius 1 is 1.25 bits per heavy atom. The number of alkyl halides is 3. The number of halogens is 3. The largest absolute Gasteiger partial charge is 0.416 e. The Balaban J connectivity index is 1.60. The number of amides is 2. The molecule has 11 heteroatoms. The van der Waals surface area contributed by atoms with Gasteiger partial charge in [-0.15, -0.1) is 0 Å². The molecule has 2 aromatic rings. The van der Waals surface area contributed by atoms with Crippen molar-refractivity contribution in [2.75, 3.05) is 36.9 Å². The number of nitrogens with zero attached hydrogens (tertiary/aromatic N) is 1. The predicted molar refractivity (Wildman–Crippen MR) is 133 cm³/mol. The number of benzene rings is 2. The summed E-state index contributed by atoms with van der Waals surface area (Å²) in [6.07, 6.45) is -4.93. The molecular weight excluding hydrogens is 493 g/mol. The topological polar surface area (TPSA) is 82.7 Å². The van der Waals surface area contributed by atoms with E-state index in [-0.39, 0.29) is 17.2 Å². The second-order valence-electron chi connectivity index (χ2n) is 9.37. The zero-order chi connectivity index (χ0) is 26.1. The maximum Gasteiger partial charge on any atom is 0.416 e. The standard InChI is InChI=1S/C25H29F3N4O3S/c1-15(2)13-32-10-11-35-21(14-32)25(30-16(3)33)31-22-19(8-5-9-20(22)36-25)23(34)29-18-7-4-6-17(12-18)24(26,27)28/h4-9,12,15,21,31H,10-11,13-14H2,1-3H3,(H,29,34)(H,30,33). The van der Waals surface area contributed by atoms with Crippen LogP contribution in [-0.4, -0.2) is 54.1 Å². The molecule has 0 aromatic heterocycles. The highest BCUT2D eigenvalue weighted by Gasteiger charge is 2.49. The minimum absolute atomic E-state index is 0.0335. The van der Waals surface area contributed by atoms with Crippen molar-refractivity contribution in [3.8, 4) is 0 Å². The molecule has 4 rings (SSSR count). The van der Waals surface area contributed by atoms with E-state index in [1.165, 1.54) is 30.8 Å². The Morgan fingerprint density at radius 2 is 2.00 bits per heavy atom. The summed E-state index contributed by atoms with van der Waals surface area (Å²) < 4.78 is 45.4. The van der Waals surface area contributed by atoms with Gasteiger partial charge in [0.2, 0.25) is 5.91 Å². The molecule has 2 unspecified atom stereocenters. The van der Waals surface area contributed by atoms with Gasteiger partial charge in [-0.1, -0.05) is 37.7 Å². The second-order valence-corrected chi connectivity index (χ2v) is 10.7. The molecule has 0 aliphatic carbocycles. The summed E-state index contributed by atoms with van der Waals surface area (Å²) in [5.74, 6) is -0.362. The Hall–Kier alpha value is -2.76. The molecule has 0 spiro atoms. The highest BCUT2D eigenvalue weighted by atomic mass is 32.2. The number of rotatable bonds is 6. The molecule has 0 saturated carbocycles. The van der Waals surface area contributed by atoms with Gasteiger partial charge in [0.15, 0.2) is 4.99 Å². The normalized spacial score (nSPS) is 22.1. The predicted octanol–water partition coefficient (Wildman–Crippen LogP) is 4.62. The number of carbonyl (C=O) groups is 2. The number of anilines is 2. The molecule has 2 aromatic carbocycles. The summed E-state index contributed by atoms with van der Waals surface area (Å²) in [7, 11) is 0. The van der Waals surface area contributed by atoms with E-state index in [2.05, 4.69) is 34.7 Å². The van der Waals surface area contributed by atoms with Gasteiger partial charge >= 0.3 is 6.18 Å². The van der Waals surface area contributed by atoms with Crippen LogP contribution in [0.15, 0.2) is 47.4 Å². The molecule has 2 atom stereocenters. The fraction of sp³-hybridized carbons (Fsp3) is 0.440. The highest BCUT2D eigenvalue weighted by Crippen LogP contribution is 2.48. The van der Waals surface area contributed by atoms with E-state index in [9.17, 15) is 22.8 Å². The maximum absolute atomic E-state index is 13.1. The van der Waals surface area contributed by atoms with Gasteiger partial charge in [0.1, 0.15) is 6.10 Å². The van der Waals surface area contributed by atoms with Crippen LogP contribution in [0, 0.1) is 5.92 Å². The fourth-order valence-corrected chi connectivity index (χ4v) is 5.84. The van der Waals surface area contributed by atoms with E-state index in [0.717, 1.165) is 30.1 Å². The molecule has 2 aliphatic rings. The molecule has 2 aliphatic heterocycles. The van der Waals surface area contributed by atoms with Crippen LogP contribution in [-0.2, 0) is 15.7 Å². The number of nitrogens with one attached hydrogen (secondary N) is 3. The van der Waals surface area contributed by atoms with Crippen molar-refractivity contribution in [1.29, 1.82) is 0 Å². The van der Waals surface area contributed by atoms with Crippen LogP contribution in [0.3, 0.4) is 0 Å². The molecule has 1 fully saturated rings. The second kappa shape index (κ2) is 10.3. The van der Waals surface area contributed by atoms with Gasteiger partial charge in [-0.25, -0.2) is 0 Å². The average Bonchev–Trinajstić information content (AvgIpc) is 3.17. The average molecular weight is 523 g/mol. The van der Waals surface area contributed by atoms with Crippen LogP contribution in [0.1, 0.15) is 36.7 Å². The van der Waals surface area contributed by atoms with Crippen LogP contribution in [0.4, 0.5) is 24.5 Å². The van der Waals surface area contributed by atoms with Crippen molar-refractivity contribution in [2.24, 2.45) is 5.92 Å². The van der Waals surface area contributed by atoms with Gasteiger partial charge in [0, 0.05) is 37.1 Å². The lowest BCUT2D eigenvalue weighted by molar-refractivity contribution is -0.137. The molecule has 36 heavy (non-hydrogen) atoms. The van der Waals surface area contributed by atoms with Gasteiger partial charge in [0.05, 0.1) is 23.4 Å². The van der Waals surface area contributed by atoms with Crippen molar-refractivity contribution >= 4 is 35.0 Å². The monoisotopic (exact) mass is 522 g/mol. The summed E-state index contributed by atoms with van der Waals surface area (Å²) in [5.41, 5.74) is -0.0757. The Morgan fingerprint density at radius 3 is 2.69 bits per heavy atom. The Bertz CT molecular complexity index is 1140. The van der Waals surface area contributed by atoms with Crippen LogP contribution in [0.25, 0.3) is 0 Å². The molecule has 2 heterocycles. The quantitative estimate of drug-likeness (QED) is 0.514. The molecule has 0 radical (unpaired) electrons. The van der Waals surface area contributed by atoms with Gasteiger partial charge in [-0.3, -0.25) is 14.5 Å². The van der Waals surface area contributed by atoms with E-state index in [4.69, 9.17) is 4.74 Å². The molecule has 0 bridgehead atoms. The first-order chi connectivity index (χ1) is 17.0. The SMILES string of the molecule is CC(=O)NC1(C2CN(CC(C)C)CCO2)Nc2c(cccc2C(=O)Nc2cccc(C(F)(F)F)c2)S1. The molecular formula is C25H29F3N4O3S. The Labute approximate surface area is 212 Å². The molecule has 7 nitrogen and oxygen atoms in total. The highest BCUT2D eigenvalue weighted by molar-refractivity contribution is 8.01. The zero-order valence-corrected chi connectivity index (χ0v) is 21.1. The Kier molecular flexibility index (Phi) is 7.53. The van der Waals surface area contributed by atoms with Crippen molar-refractivity contribution in [3.05, 3.63) is 53.6 Å². The summed E-state index contributed by atoms with van der Waals surface area (Å²) in [6.45, 7) is 8.45. The van der Waals surface area contributed by atoms with Crippen LogP contribution < -0.4 is 16.0 Å². The number of morpholine rings is 1. The number of hydrogen-bond acceptors (Lipinski definition) is 6. The number of carbonyl (C=O) groups excluding carboxylic acids is 2. The molecule has 3 N–H and O–H groups in total. The minimum atomic E-state index is -4.52.